The number of ether oxygens (including phenoxy) is 2. The zero-order valence-corrected chi connectivity index (χ0v) is 22.5. The molecule has 2 aromatic rings. The summed E-state index contributed by atoms with van der Waals surface area (Å²) in [5, 5.41) is 11.3. The number of benzene rings is 2. The average molecular weight is 509 g/mol. The first-order chi connectivity index (χ1) is 17.9. The molecule has 0 saturated carbocycles. The lowest BCUT2D eigenvalue weighted by Gasteiger charge is -2.27. The van der Waals surface area contributed by atoms with Gasteiger partial charge in [0.15, 0.2) is 0 Å². The number of hydrogen-bond acceptors (Lipinski definition) is 6. The molecule has 37 heavy (non-hydrogen) atoms. The fraction of sp³-hybridized carbons (Fsp3) is 0.467. The smallest absolute Gasteiger partial charge is 0.295 e. The van der Waals surface area contributed by atoms with E-state index in [9.17, 15) is 14.7 Å². The lowest BCUT2D eigenvalue weighted by molar-refractivity contribution is -0.140. The van der Waals surface area contributed by atoms with Gasteiger partial charge in [-0.2, -0.15) is 0 Å². The molecule has 2 aromatic carbocycles. The van der Waals surface area contributed by atoms with Crippen LogP contribution in [-0.4, -0.2) is 66.0 Å². The van der Waals surface area contributed by atoms with Crippen LogP contribution in [0.5, 0.6) is 11.5 Å². The summed E-state index contributed by atoms with van der Waals surface area (Å²) < 4.78 is 11.3. The second-order valence-electron chi connectivity index (χ2n) is 9.10. The maximum absolute atomic E-state index is 13.3. The Kier molecular flexibility index (Phi) is 10.6. The molecule has 0 spiro atoms. The van der Waals surface area contributed by atoms with E-state index in [2.05, 4.69) is 25.7 Å². The molecule has 0 aromatic heterocycles. The molecule has 1 N–H and O–H groups in total. The lowest BCUT2D eigenvalue weighted by atomic mass is 9.95. The molecule has 1 aliphatic heterocycles. The molecule has 1 heterocycles. The minimum absolute atomic E-state index is 0.108. The molecule has 0 bridgehead atoms. The highest BCUT2D eigenvalue weighted by atomic mass is 16.5. The Balaban J connectivity index is 1.95. The minimum Gasteiger partial charge on any atom is -0.507 e. The van der Waals surface area contributed by atoms with E-state index in [4.69, 9.17) is 9.47 Å². The Labute approximate surface area is 220 Å². The van der Waals surface area contributed by atoms with Crippen molar-refractivity contribution in [3.63, 3.8) is 0 Å². The predicted molar refractivity (Wildman–Crippen MR) is 146 cm³/mol. The van der Waals surface area contributed by atoms with Crippen LogP contribution in [0.25, 0.3) is 5.76 Å². The monoisotopic (exact) mass is 508 g/mol. The van der Waals surface area contributed by atoms with Crippen LogP contribution in [0.15, 0.2) is 54.1 Å². The standard InChI is InChI=1S/C30H40N2O5/c1-5-9-21-37-25-17-13-23(14-18-25)28(33)26-27(22-11-15-24(16-12-22)36-8-4)32(30(35)29(26)34)20-10-19-31(6-2)7-3/h11-18,27,33H,5-10,19-21H2,1-4H3/t27-/m0/s1. The molecule has 7 nitrogen and oxygen atoms in total. The van der Waals surface area contributed by atoms with Crippen LogP contribution in [0.1, 0.15) is 64.1 Å². The van der Waals surface area contributed by atoms with Gasteiger partial charge in [0.2, 0.25) is 0 Å². The number of hydrogen-bond donors (Lipinski definition) is 1. The van der Waals surface area contributed by atoms with Crippen molar-refractivity contribution in [2.75, 3.05) is 39.4 Å². The number of nitrogens with zero attached hydrogens (tertiary/aromatic N) is 2. The van der Waals surface area contributed by atoms with Crippen molar-refractivity contribution in [1.29, 1.82) is 0 Å². The van der Waals surface area contributed by atoms with Crippen LogP contribution >= 0.6 is 0 Å². The Bertz CT molecular complexity index is 1060. The zero-order chi connectivity index (χ0) is 26.8. The highest BCUT2D eigenvalue weighted by molar-refractivity contribution is 6.46. The summed E-state index contributed by atoms with van der Waals surface area (Å²) in [4.78, 5) is 30.3. The van der Waals surface area contributed by atoms with E-state index in [0.717, 1.165) is 44.5 Å². The summed E-state index contributed by atoms with van der Waals surface area (Å²) in [6.07, 6.45) is 2.73. The summed E-state index contributed by atoms with van der Waals surface area (Å²) >= 11 is 0. The molecular weight excluding hydrogens is 468 g/mol. The van der Waals surface area contributed by atoms with Crippen LogP contribution < -0.4 is 9.47 Å². The first-order valence-corrected chi connectivity index (χ1v) is 13.4. The highest BCUT2D eigenvalue weighted by Crippen LogP contribution is 2.40. The molecule has 3 rings (SSSR count). The summed E-state index contributed by atoms with van der Waals surface area (Å²) in [7, 11) is 0. The van der Waals surface area contributed by atoms with E-state index in [1.54, 1.807) is 29.2 Å². The first-order valence-electron chi connectivity index (χ1n) is 13.4. The van der Waals surface area contributed by atoms with Gasteiger partial charge < -0.3 is 24.4 Å². The normalized spacial score (nSPS) is 17.0. The van der Waals surface area contributed by atoms with Gasteiger partial charge in [-0.05, 0) is 81.4 Å². The molecule has 200 valence electrons. The second-order valence-corrected chi connectivity index (χ2v) is 9.10. The third-order valence-corrected chi connectivity index (χ3v) is 6.71. The van der Waals surface area contributed by atoms with E-state index in [1.165, 1.54) is 0 Å². The van der Waals surface area contributed by atoms with Gasteiger partial charge in [0.1, 0.15) is 17.3 Å². The van der Waals surface area contributed by atoms with Gasteiger partial charge >= 0.3 is 0 Å². The van der Waals surface area contributed by atoms with E-state index < -0.39 is 17.7 Å². The summed E-state index contributed by atoms with van der Waals surface area (Å²) in [5.74, 6) is -0.0149. The van der Waals surface area contributed by atoms with Crippen molar-refractivity contribution < 1.29 is 24.2 Å². The Morgan fingerprint density at radius 2 is 1.51 bits per heavy atom. The number of aliphatic hydroxyl groups excluding tert-OH is 1. The molecule has 1 fully saturated rings. The Morgan fingerprint density at radius 1 is 0.892 bits per heavy atom. The first kappa shape index (κ1) is 28.3. The van der Waals surface area contributed by atoms with Gasteiger partial charge in [0.05, 0.1) is 24.8 Å². The number of rotatable bonds is 14. The van der Waals surface area contributed by atoms with E-state index in [0.29, 0.717) is 36.8 Å². The number of amides is 1. The Morgan fingerprint density at radius 3 is 2.11 bits per heavy atom. The predicted octanol–water partition coefficient (Wildman–Crippen LogP) is 5.42. The van der Waals surface area contributed by atoms with E-state index in [1.807, 2.05) is 31.2 Å². The molecule has 7 heteroatoms. The number of unbranched alkanes of at least 4 members (excludes halogenated alkanes) is 1. The van der Waals surface area contributed by atoms with Crippen molar-refractivity contribution >= 4 is 17.4 Å². The number of ketones is 1. The molecule has 1 atom stereocenters. The summed E-state index contributed by atoms with van der Waals surface area (Å²) in [6, 6.07) is 13.7. The van der Waals surface area contributed by atoms with Gasteiger partial charge in [-0.15, -0.1) is 0 Å². The fourth-order valence-corrected chi connectivity index (χ4v) is 4.57. The molecule has 0 unspecified atom stereocenters. The zero-order valence-electron chi connectivity index (χ0n) is 22.5. The SMILES string of the molecule is CCCCOc1ccc(C(O)=C2C(=O)C(=O)N(CCCN(CC)CC)[C@H]2c2ccc(OCC)cc2)cc1. The van der Waals surface area contributed by atoms with Gasteiger partial charge in [0.25, 0.3) is 11.7 Å². The van der Waals surface area contributed by atoms with Crippen LogP contribution in [-0.2, 0) is 9.59 Å². The maximum Gasteiger partial charge on any atom is 0.295 e. The number of aliphatic hydroxyl groups is 1. The van der Waals surface area contributed by atoms with Crippen molar-refractivity contribution in [2.45, 2.75) is 53.0 Å². The van der Waals surface area contributed by atoms with Crippen molar-refractivity contribution in [2.24, 2.45) is 0 Å². The minimum atomic E-state index is -0.673. The van der Waals surface area contributed by atoms with Crippen LogP contribution in [0.3, 0.4) is 0 Å². The molecule has 1 amide bonds. The largest absolute Gasteiger partial charge is 0.507 e. The summed E-state index contributed by atoms with van der Waals surface area (Å²) in [6.45, 7) is 12.5. The van der Waals surface area contributed by atoms with Crippen LogP contribution in [0.2, 0.25) is 0 Å². The van der Waals surface area contributed by atoms with Gasteiger partial charge in [-0.3, -0.25) is 9.59 Å². The third kappa shape index (κ3) is 6.92. The molecule has 0 aliphatic carbocycles. The number of Topliss-reactive ketones (excluding diaryl/α,β-unsaturated/α-hetero) is 1. The average Bonchev–Trinajstić information content (AvgIpc) is 3.17. The van der Waals surface area contributed by atoms with Gasteiger partial charge in [-0.25, -0.2) is 0 Å². The maximum atomic E-state index is 13.3. The van der Waals surface area contributed by atoms with E-state index >= 15 is 0 Å². The van der Waals surface area contributed by atoms with Gasteiger partial charge in [-0.1, -0.05) is 39.3 Å². The molecule has 1 saturated heterocycles. The molecular formula is C30H40N2O5. The summed E-state index contributed by atoms with van der Waals surface area (Å²) in [5.41, 5.74) is 1.34. The van der Waals surface area contributed by atoms with Crippen LogP contribution in [0, 0.1) is 0 Å². The number of likely N-dealkylation sites (tertiary alicyclic amines) is 1. The van der Waals surface area contributed by atoms with Crippen molar-refractivity contribution in [1.82, 2.24) is 9.80 Å². The van der Waals surface area contributed by atoms with Crippen molar-refractivity contribution in [3.8, 4) is 11.5 Å². The Hall–Kier alpha value is -3.32. The van der Waals surface area contributed by atoms with Crippen LogP contribution in [0.4, 0.5) is 0 Å². The number of carbonyl (C=O) groups excluding carboxylic acids is 2. The molecule has 1 aliphatic rings. The molecule has 0 radical (unpaired) electrons. The topological polar surface area (TPSA) is 79.3 Å². The highest BCUT2D eigenvalue weighted by Gasteiger charge is 2.45. The van der Waals surface area contributed by atoms with Gasteiger partial charge in [0, 0.05) is 12.1 Å². The van der Waals surface area contributed by atoms with E-state index in [-0.39, 0.29) is 11.3 Å². The quantitative estimate of drug-likeness (QED) is 0.159. The second kappa shape index (κ2) is 13.8. The lowest BCUT2D eigenvalue weighted by Crippen LogP contribution is -2.33. The fourth-order valence-electron chi connectivity index (χ4n) is 4.57. The third-order valence-electron chi connectivity index (χ3n) is 6.71. The van der Waals surface area contributed by atoms with Crippen molar-refractivity contribution in [3.05, 3.63) is 65.2 Å². The number of carbonyl (C=O) groups is 2.